The van der Waals surface area contributed by atoms with Crippen LogP contribution >= 0.6 is 0 Å². The summed E-state index contributed by atoms with van der Waals surface area (Å²) >= 11 is 0. The lowest BCUT2D eigenvalue weighted by atomic mass is 9.93. The first-order valence-corrected chi connectivity index (χ1v) is 14.1. The third kappa shape index (κ3) is 6.11. The molecule has 2 amide bonds. The van der Waals surface area contributed by atoms with Gasteiger partial charge in [-0.15, -0.1) is 0 Å². The molecule has 5 N–H and O–H groups in total. The SMILES string of the molecule is O=C(NCC(Cc1cc(-c2[nH]c3c(c2Nc2ccccc2)C(=O)NCC3)ccn1)c1ccc(F)cc1)c1ccccc1O. The van der Waals surface area contributed by atoms with Gasteiger partial charge in [-0.25, -0.2) is 4.39 Å². The van der Waals surface area contributed by atoms with Crippen molar-refractivity contribution in [2.45, 2.75) is 18.8 Å². The summed E-state index contributed by atoms with van der Waals surface area (Å²) in [5.41, 5.74) is 6.42. The van der Waals surface area contributed by atoms with Crippen molar-refractivity contribution in [1.29, 1.82) is 0 Å². The number of aromatic amines is 1. The molecule has 1 unspecified atom stereocenters. The molecule has 8 nitrogen and oxygen atoms in total. The molecule has 0 fully saturated rings. The molecule has 0 aliphatic carbocycles. The van der Waals surface area contributed by atoms with Gasteiger partial charge in [-0.2, -0.15) is 0 Å². The van der Waals surface area contributed by atoms with Gasteiger partial charge in [0.1, 0.15) is 11.6 Å². The lowest BCUT2D eigenvalue weighted by Gasteiger charge is -2.19. The molecule has 0 radical (unpaired) electrons. The Morgan fingerprint density at radius 1 is 1.00 bits per heavy atom. The number of benzene rings is 3. The number of anilines is 2. The Morgan fingerprint density at radius 2 is 1.77 bits per heavy atom. The molecule has 5 aromatic rings. The zero-order valence-electron chi connectivity index (χ0n) is 23.2. The van der Waals surface area contributed by atoms with Gasteiger partial charge >= 0.3 is 0 Å². The molecule has 9 heteroatoms. The lowest BCUT2D eigenvalue weighted by molar-refractivity contribution is 0.0939. The van der Waals surface area contributed by atoms with E-state index in [2.05, 4.69) is 25.9 Å². The summed E-state index contributed by atoms with van der Waals surface area (Å²) in [6.45, 7) is 0.798. The van der Waals surface area contributed by atoms with E-state index in [9.17, 15) is 19.1 Å². The summed E-state index contributed by atoms with van der Waals surface area (Å²) in [4.78, 5) is 33.9. The smallest absolute Gasteiger partial charge is 0.255 e. The second-order valence-electron chi connectivity index (χ2n) is 10.4. The second-order valence-corrected chi connectivity index (χ2v) is 10.4. The van der Waals surface area contributed by atoms with Crippen LogP contribution < -0.4 is 16.0 Å². The molecule has 6 rings (SSSR count). The van der Waals surface area contributed by atoms with Crippen LogP contribution in [0.2, 0.25) is 0 Å². The van der Waals surface area contributed by atoms with Crippen LogP contribution in [0.15, 0.2) is 97.2 Å². The first-order valence-electron chi connectivity index (χ1n) is 14.1. The quantitative estimate of drug-likeness (QED) is 0.154. The van der Waals surface area contributed by atoms with Gasteiger partial charge in [0.2, 0.25) is 0 Å². The number of nitrogens with one attached hydrogen (secondary N) is 4. The van der Waals surface area contributed by atoms with E-state index >= 15 is 0 Å². The normalized spacial score (nSPS) is 13.1. The number of hydrogen-bond acceptors (Lipinski definition) is 5. The van der Waals surface area contributed by atoms with Crippen LogP contribution in [0.5, 0.6) is 5.75 Å². The zero-order valence-corrected chi connectivity index (χ0v) is 23.2. The molecule has 1 aliphatic heterocycles. The maximum absolute atomic E-state index is 13.8. The third-order valence-corrected chi connectivity index (χ3v) is 7.57. The Hall–Kier alpha value is -5.44. The van der Waals surface area contributed by atoms with E-state index in [1.54, 1.807) is 36.5 Å². The molecule has 0 bridgehead atoms. The number of phenols is 1. The number of rotatable bonds is 9. The first-order chi connectivity index (χ1) is 21.0. The predicted molar refractivity (Wildman–Crippen MR) is 163 cm³/mol. The number of phenolic OH excluding ortho intramolecular Hbond substituents is 1. The third-order valence-electron chi connectivity index (χ3n) is 7.57. The minimum Gasteiger partial charge on any atom is -0.507 e. The Balaban J connectivity index is 1.31. The number of carbonyl (C=O) groups is 2. The van der Waals surface area contributed by atoms with Crippen LogP contribution in [0.3, 0.4) is 0 Å². The first kappa shape index (κ1) is 27.7. The number of H-pyrrole nitrogens is 1. The average Bonchev–Trinajstić information content (AvgIpc) is 3.40. The van der Waals surface area contributed by atoms with Crippen LogP contribution in [0.4, 0.5) is 15.8 Å². The summed E-state index contributed by atoms with van der Waals surface area (Å²) in [7, 11) is 0. The maximum atomic E-state index is 13.8. The number of carbonyl (C=O) groups excluding carboxylic acids is 2. The number of pyridine rings is 1. The minimum absolute atomic E-state index is 0.102. The number of aromatic nitrogens is 2. The highest BCUT2D eigenvalue weighted by Crippen LogP contribution is 2.37. The van der Waals surface area contributed by atoms with Gasteiger partial charge < -0.3 is 26.0 Å². The summed E-state index contributed by atoms with van der Waals surface area (Å²) in [5, 5.41) is 19.4. The average molecular weight is 576 g/mol. The van der Waals surface area contributed by atoms with E-state index in [1.807, 2.05) is 42.5 Å². The monoisotopic (exact) mass is 575 g/mol. The summed E-state index contributed by atoms with van der Waals surface area (Å²) in [6, 6.07) is 26.1. The molecule has 216 valence electrons. The minimum atomic E-state index is -0.404. The molecule has 2 aromatic heterocycles. The molecular weight excluding hydrogens is 545 g/mol. The van der Waals surface area contributed by atoms with Crippen LogP contribution in [-0.2, 0) is 12.8 Å². The molecule has 0 spiro atoms. The van der Waals surface area contributed by atoms with E-state index in [0.29, 0.717) is 30.6 Å². The predicted octanol–water partition coefficient (Wildman–Crippen LogP) is 5.71. The van der Waals surface area contributed by atoms with Crippen molar-refractivity contribution < 1.29 is 19.1 Å². The summed E-state index contributed by atoms with van der Waals surface area (Å²) in [6.07, 6.45) is 2.86. The van der Waals surface area contributed by atoms with Gasteiger partial charge in [-0.05, 0) is 60.5 Å². The van der Waals surface area contributed by atoms with Gasteiger partial charge in [0.15, 0.2) is 0 Å². The number of fused-ring (bicyclic) bond motifs is 1. The van der Waals surface area contributed by atoms with E-state index < -0.39 is 5.91 Å². The molecule has 3 aromatic carbocycles. The molecule has 0 saturated carbocycles. The van der Waals surface area contributed by atoms with Crippen molar-refractivity contribution in [2.75, 3.05) is 18.4 Å². The number of amides is 2. The largest absolute Gasteiger partial charge is 0.507 e. The fourth-order valence-corrected chi connectivity index (χ4v) is 5.40. The topological polar surface area (TPSA) is 119 Å². The van der Waals surface area contributed by atoms with Crippen LogP contribution in [0.1, 0.15) is 43.6 Å². The lowest BCUT2D eigenvalue weighted by Crippen LogP contribution is -2.31. The van der Waals surface area contributed by atoms with Crippen LogP contribution in [0.25, 0.3) is 11.3 Å². The van der Waals surface area contributed by atoms with Crippen molar-refractivity contribution in [3.63, 3.8) is 0 Å². The van der Waals surface area contributed by atoms with Gasteiger partial charge in [0, 0.05) is 54.3 Å². The van der Waals surface area contributed by atoms with Crippen molar-refractivity contribution in [1.82, 2.24) is 20.6 Å². The fourth-order valence-electron chi connectivity index (χ4n) is 5.40. The van der Waals surface area contributed by atoms with E-state index in [4.69, 9.17) is 0 Å². The highest BCUT2D eigenvalue weighted by molar-refractivity contribution is 6.06. The van der Waals surface area contributed by atoms with Gasteiger partial charge in [-0.3, -0.25) is 14.6 Å². The fraction of sp³-hybridized carbons (Fsp3) is 0.147. The molecule has 1 atom stereocenters. The van der Waals surface area contributed by atoms with Gasteiger partial charge in [-0.1, -0.05) is 42.5 Å². The van der Waals surface area contributed by atoms with Crippen LogP contribution in [-0.4, -0.2) is 40.0 Å². The van der Waals surface area contributed by atoms with Crippen LogP contribution in [0, 0.1) is 5.82 Å². The summed E-state index contributed by atoms with van der Waals surface area (Å²) < 4.78 is 13.8. The van der Waals surface area contributed by atoms with E-state index in [-0.39, 0.29) is 35.5 Å². The molecule has 1 aliphatic rings. The standard InChI is InChI=1S/C34H30FN5O3/c35-24-12-10-21(11-13-24)23(20-38-33(42)27-8-4-5-9-29(27)41)19-26-18-22(14-16-36-26)31-32(39-25-6-2-1-3-7-25)30-28(40-31)15-17-37-34(30)43/h1-14,16,18,23,39-41H,15,17,19-20H2,(H,37,43)(H,38,42). The Labute approximate surface area is 248 Å². The van der Waals surface area contributed by atoms with E-state index in [0.717, 1.165) is 33.9 Å². The number of aromatic hydroxyl groups is 1. The number of nitrogens with zero attached hydrogens (tertiary/aromatic N) is 1. The number of halogens is 1. The molecular formula is C34H30FN5O3. The van der Waals surface area contributed by atoms with Crippen molar-refractivity contribution in [3.05, 3.63) is 131 Å². The highest BCUT2D eigenvalue weighted by Gasteiger charge is 2.27. The number of hydrogen-bond donors (Lipinski definition) is 5. The zero-order chi connectivity index (χ0) is 29.8. The van der Waals surface area contributed by atoms with Crippen molar-refractivity contribution in [3.8, 4) is 17.0 Å². The Kier molecular flexibility index (Phi) is 7.86. The van der Waals surface area contributed by atoms with Gasteiger partial charge in [0.25, 0.3) is 11.8 Å². The second kappa shape index (κ2) is 12.2. The Bertz CT molecular complexity index is 1770. The van der Waals surface area contributed by atoms with Gasteiger partial charge in [0.05, 0.1) is 22.5 Å². The summed E-state index contributed by atoms with van der Waals surface area (Å²) in [5.74, 6) is -1.22. The molecule has 3 heterocycles. The van der Waals surface area contributed by atoms with E-state index in [1.165, 1.54) is 18.2 Å². The molecule has 0 saturated heterocycles. The van der Waals surface area contributed by atoms with Crippen molar-refractivity contribution in [2.24, 2.45) is 0 Å². The number of para-hydroxylation sites is 2. The maximum Gasteiger partial charge on any atom is 0.255 e. The highest BCUT2D eigenvalue weighted by atomic mass is 19.1. The van der Waals surface area contributed by atoms with Crippen molar-refractivity contribution >= 4 is 23.2 Å². The Morgan fingerprint density at radius 3 is 2.56 bits per heavy atom. The molecule has 43 heavy (non-hydrogen) atoms.